The topological polar surface area (TPSA) is 58.8 Å². The lowest BCUT2D eigenvalue weighted by molar-refractivity contribution is 0.300. The van der Waals surface area contributed by atoms with Crippen molar-refractivity contribution in [2.24, 2.45) is 0 Å². The molecular formula is C12H9N3O. The third kappa shape index (κ3) is 2.34. The molecule has 0 N–H and O–H groups in total. The zero-order valence-corrected chi connectivity index (χ0v) is 8.50. The maximum absolute atomic E-state index is 8.86. The Balaban J connectivity index is 2.09. The summed E-state index contributed by atoms with van der Waals surface area (Å²) in [6.45, 7) is 0.312. The number of ether oxygens (including phenoxy) is 1. The minimum absolute atomic E-state index is 0.312. The van der Waals surface area contributed by atoms with E-state index in [0.717, 1.165) is 5.69 Å². The number of rotatable bonds is 3. The normalized spacial score (nSPS) is 9.44. The highest BCUT2D eigenvalue weighted by Crippen LogP contribution is 2.17. The van der Waals surface area contributed by atoms with Crippen molar-refractivity contribution in [2.45, 2.75) is 6.61 Å². The number of benzene rings is 1. The van der Waals surface area contributed by atoms with E-state index in [1.54, 1.807) is 36.8 Å². The fourth-order valence-corrected chi connectivity index (χ4v) is 1.24. The summed E-state index contributed by atoms with van der Waals surface area (Å²) in [5.74, 6) is 0.565. The average molecular weight is 211 g/mol. The smallest absolute Gasteiger partial charge is 0.137 e. The number of nitriles is 1. The predicted molar refractivity (Wildman–Crippen MR) is 57.5 cm³/mol. The first-order valence-electron chi connectivity index (χ1n) is 4.77. The molecule has 4 heteroatoms. The first kappa shape index (κ1) is 10.1. The van der Waals surface area contributed by atoms with E-state index in [1.807, 2.05) is 6.07 Å². The van der Waals surface area contributed by atoms with Crippen molar-refractivity contribution in [1.82, 2.24) is 9.97 Å². The standard InChI is InChI=1S/C12H9N3O/c13-7-10-3-1-2-4-12(10)16-9-11-8-14-5-6-15-11/h1-6,8H,9H2. The Morgan fingerprint density at radius 1 is 1.25 bits per heavy atom. The molecule has 2 rings (SSSR count). The third-order valence-electron chi connectivity index (χ3n) is 2.00. The van der Waals surface area contributed by atoms with Crippen molar-refractivity contribution in [1.29, 1.82) is 5.26 Å². The summed E-state index contributed by atoms with van der Waals surface area (Å²) in [4.78, 5) is 8.01. The largest absolute Gasteiger partial charge is 0.486 e. The molecule has 0 radical (unpaired) electrons. The second-order valence-electron chi connectivity index (χ2n) is 3.09. The summed E-state index contributed by atoms with van der Waals surface area (Å²) in [7, 11) is 0. The summed E-state index contributed by atoms with van der Waals surface area (Å²) in [5, 5.41) is 8.86. The zero-order chi connectivity index (χ0) is 11.2. The molecule has 1 heterocycles. The van der Waals surface area contributed by atoms with E-state index in [2.05, 4.69) is 16.0 Å². The van der Waals surface area contributed by atoms with Crippen LogP contribution in [0.2, 0.25) is 0 Å². The van der Waals surface area contributed by atoms with Crippen molar-refractivity contribution >= 4 is 0 Å². The Labute approximate surface area is 93.2 Å². The van der Waals surface area contributed by atoms with Gasteiger partial charge >= 0.3 is 0 Å². The first-order valence-corrected chi connectivity index (χ1v) is 4.77. The van der Waals surface area contributed by atoms with Gasteiger partial charge in [0.25, 0.3) is 0 Å². The molecule has 78 valence electrons. The fraction of sp³-hybridized carbons (Fsp3) is 0.0833. The Morgan fingerprint density at radius 2 is 2.12 bits per heavy atom. The highest BCUT2D eigenvalue weighted by atomic mass is 16.5. The number of para-hydroxylation sites is 1. The Hall–Kier alpha value is -2.41. The molecule has 16 heavy (non-hydrogen) atoms. The molecule has 0 aliphatic heterocycles. The summed E-state index contributed by atoms with van der Waals surface area (Å²) < 4.78 is 5.49. The van der Waals surface area contributed by atoms with Crippen LogP contribution in [0.3, 0.4) is 0 Å². The fourth-order valence-electron chi connectivity index (χ4n) is 1.24. The van der Waals surface area contributed by atoms with Gasteiger partial charge in [-0.2, -0.15) is 5.26 Å². The van der Waals surface area contributed by atoms with Crippen molar-refractivity contribution in [2.75, 3.05) is 0 Å². The van der Waals surface area contributed by atoms with Crippen LogP contribution >= 0.6 is 0 Å². The molecule has 0 spiro atoms. The summed E-state index contributed by atoms with van der Waals surface area (Å²) in [6, 6.07) is 9.17. The van der Waals surface area contributed by atoms with E-state index in [9.17, 15) is 0 Å². The minimum Gasteiger partial charge on any atom is -0.486 e. The average Bonchev–Trinajstić information content (AvgIpc) is 2.38. The quantitative estimate of drug-likeness (QED) is 0.778. The summed E-state index contributed by atoms with van der Waals surface area (Å²) in [6.07, 6.45) is 4.84. The van der Waals surface area contributed by atoms with Crippen LogP contribution < -0.4 is 4.74 Å². The maximum atomic E-state index is 8.86. The Kier molecular flexibility index (Phi) is 3.10. The van der Waals surface area contributed by atoms with Gasteiger partial charge in [0.15, 0.2) is 0 Å². The molecule has 1 aromatic heterocycles. The molecule has 0 atom stereocenters. The molecular weight excluding hydrogens is 202 g/mol. The molecule has 1 aromatic carbocycles. The van der Waals surface area contributed by atoms with Crippen LogP contribution in [0.25, 0.3) is 0 Å². The monoisotopic (exact) mass is 211 g/mol. The van der Waals surface area contributed by atoms with Gasteiger partial charge in [-0.05, 0) is 12.1 Å². The van der Waals surface area contributed by atoms with Gasteiger partial charge in [-0.15, -0.1) is 0 Å². The van der Waals surface area contributed by atoms with Gasteiger partial charge in [0.1, 0.15) is 18.4 Å². The van der Waals surface area contributed by atoms with E-state index in [-0.39, 0.29) is 0 Å². The van der Waals surface area contributed by atoms with Gasteiger partial charge < -0.3 is 4.74 Å². The van der Waals surface area contributed by atoms with Crippen molar-refractivity contribution < 1.29 is 4.74 Å². The molecule has 0 unspecified atom stereocenters. The van der Waals surface area contributed by atoms with Crippen molar-refractivity contribution in [3.8, 4) is 11.8 Å². The minimum atomic E-state index is 0.312. The predicted octanol–water partition coefficient (Wildman–Crippen LogP) is 1.93. The summed E-state index contributed by atoms with van der Waals surface area (Å²) in [5.41, 5.74) is 1.25. The highest BCUT2D eigenvalue weighted by molar-refractivity contribution is 5.42. The molecule has 0 saturated carbocycles. The Bertz CT molecular complexity index is 505. The van der Waals surface area contributed by atoms with Crippen molar-refractivity contribution in [3.05, 3.63) is 54.1 Å². The van der Waals surface area contributed by atoms with Gasteiger partial charge in [0.2, 0.25) is 0 Å². The number of aromatic nitrogens is 2. The van der Waals surface area contributed by atoms with Gasteiger partial charge in [-0.25, -0.2) is 0 Å². The van der Waals surface area contributed by atoms with E-state index in [0.29, 0.717) is 17.9 Å². The lowest BCUT2D eigenvalue weighted by Gasteiger charge is -2.06. The van der Waals surface area contributed by atoms with Crippen LogP contribution in [0, 0.1) is 11.3 Å². The van der Waals surface area contributed by atoms with Crippen LogP contribution in [-0.4, -0.2) is 9.97 Å². The van der Waals surface area contributed by atoms with Crippen LogP contribution in [0.4, 0.5) is 0 Å². The van der Waals surface area contributed by atoms with E-state index < -0.39 is 0 Å². The molecule has 0 aliphatic carbocycles. The molecule has 0 fully saturated rings. The van der Waals surface area contributed by atoms with Crippen LogP contribution in [-0.2, 0) is 6.61 Å². The Morgan fingerprint density at radius 3 is 2.88 bits per heavy atom. The lowest BCUT2D eigenvalue weighted by Crippen LogP contribution is -1.99. The molecule has 0 aliphatic rings. The van der Waals surface area contributed by atoms with Gasteiger partial charge in [0, 0.05) is 12.4 Å². The third-order valence-corrected chi connectivity index (χ3v) is 2.00. The van der Waals surface area contributed by atoms with E-state index in [1.165, 1.54) is 0 Å². The van der Waals surface area contributed by atoms with Gasteiger partial charge in [0.05, 0.1) is 17.5 Å². The molecule has 0 bridgehead atoms. The first-order chi connectivity index (χ1) is 7.90. The van der Waals surface area contributed by atoms with Crippen LogP contribution in [0.5, 0.6) is 5.75 Å². The molecule has 0 saturated heterocycles. The van der Waals surface area contributed by atoms with Gasteiger partial charge in [-0.3, -0.25) is 9.97 Å². The van der Waals surface area contributed by atoms with Crippen molar-refractivity contribution in [3.63, 3.8) is 0 Å². The maximum Gasteiger partial charge on any atom is 0.137 e. The molecule has 0 amide bonds. The van der Waals surface area contributed by atoms with Gasteiger partial charge in [-0.1, -0.05) is 12.1 Å². The number of nitrogens with zero attached hydrogens (tertiary/aromatic N) is 3. The number of hydrogen-bond donors (Lipinski definition) is 0. The summed E-state index contributed by atoms with van der Waals surface area (Å²) >= 11 is 0. The molecule has 4 nitrogen and oxygen atoms in total. The number of hydrogen-bond acceptors (Lipinski definition) is 4. The SMILES string of the molecule is N#Cc1ccccc1OCc1cnccn1. The van der Waals surface area contributed by atoms with Crippen LogP contribution in [0.1, 0.15) is 11.3 Å². The second kappa shape index (κ2) is 4.89. The zero-order valence-electron chi connectivity index (χ0n) is 8.50. The lowest BCUT2D eigenvalue weighted by atomic mass is 10.2. The molecule has 2 aromatic rings. The van der Waals surface area contributed by atoms with E-state index >= 15 is 0 Å². The second-order valence-corrected chi connectivity index (χ2v) is 3.09. The van der Waals surface area contributed by atoms with E-state index in [4.69, 9.17) is 10.00 Å². The highest BCUT2D eigenvalue weighted by Gasteiger charge is 2.02. The van der Waals surface area contributed by atoms with Crippen LogP contribution in [0.15, 0.2) is 42.9 Å².